The average molecular weight is 517 g/mol. The Morgan fingerprint density at radius 1 is 0.947 bits per heavy atom. The maximum atomic E-state index is 13.5. The number of esters is 2. The topological polar surface area (TPSA) is 98.1 Å². The number of benzene rings is 2. The van der Waals surface area contributed by atoms with E-state index >= 15 is 0 Å². The van der Waals surface area contributed by atoms with Gasteiger partial charge in [-0.3, -0.25) is 4.79 Å². The maximum absolute atomic E-state index is 13.5. The number of dihydropyridines is 1. The summed E-state index contributed by atoms with van der Waals surface area (Å²) in [5.74, 6) is -1.61. The molecule has 1 aliphatic rings. The van der Waals surface area contributed by atoms with Crippen LogP contribution >= 0.6 is 0 Å². The van der Waals surface area contributed by atoms with Crippen LogP contribution in [0.5, 0.6) is 0 Å². The summed E-state index contributed by atoms with van der Waals surface area (Å²) in [6.07, 6.45) is 0. The highest BCUT2D eigenvalue weighted by Gasteiger charge is 2.39. The summed E-state index contributed by atoms with van der Waals surface area (Å²) < 4.78 is 17.2. The highest BCUT2D eigenvalue weighted by Crippen LogP contribution is 2.42. The number of ether oxygens (including phenoxy) is 2. The van der Waals surface area contributed by atoms with E-state index in [0.29, 0.717) is 45.8 Å². The summed E-state index contributed by atoms with van der Waals surface area (Å²) in [6, 6.07) is 14.5. The van der Waals surface area contributed by atoms with E-state index in [9.17, 15) is 14.4 Å². The van der Waals surface area contributed by atoms with Crippen molar-refractivity contribution in [2.75, 3.05) is 34.4 Å². The van der Waals surface area contributed by atoms with Crippen LogP contribution in [0.25, 0.3) is 22.3 Å². The lowest BCUT2D eigenvalue weighted by atomic mass is 9.79. The van der Waals surface area contributed by atoms with Gasteiger partial charge in [-0.05, 0) is 40.9 Å². The van der Waals surface area contributed by atoms with E-state index in [-0.39, 0.29) is 23.2 Å². The van der Waals surface area contributed by atoms with Crippen molar-refractivity contribution in [2.45, 2.75) is 26.7 Å². The van der Waals surface area contributed by atoms with Crippen LogP contribution in [0.2, 0.25) is 0 Å². The van der Waals surface area contributed by atoms with Crippen LogP contribution in [0.15, 0.2) is 80.3 Å². The Labute approximate surface area is 221 Å². The molecule has 0 saturated heterocycles. The summed E-state index contributed by atoms with van der Waals surface area (Å²) >= 11 is 0. The number of nitrogens with one attached hydrogen (secondary N) is 1. The number of fused-ring (bicyclic) bond motifs is 1. The predicted molar refractivity (Wildman–Crippen MR) is 145 cm³/mol. The lowest BCUT2D eigenvalue weighted by molar-refractivity contribution is -0.139. The lowest BCUT2D eigenvalue weighted by Gasteiger charge is -2.30. The number of allylic oxidation sites excluding steroid dienone is 2. The Kier molecular flexibility index (Phi) is 7.83. The third-order valence-corrected chi connectivity index (χ3v) is 6.68. The van der Waals surface area contributed by atoms with Gasteiger partial charge in [0, 0.05) is 34.6 Å². The summed E-state index contributed by atoms with van der Waals surface area (Å²) in [6.45, 7) is 5.95. The molecule has 4 rings (SSSR count). The number of methoxy groups -OCH3 is 1. The molecule has 3 aromatic rings. The monoisotopic (exact) mass is 516 g/mol. The molecule has 0 saturated carbocycles. The van der Waals surface area contributed by atoms with Gasteiger partial charge >= 0.3 is 11.9 Å². The van der Waals surface area contributed by atoms with Gasteiger partial charge in [-0.1, -0.05) is 42.5 Å². The highest BCUT2D eigenvalue weighted by atomic mass is 16.5. The predicted octanol–water partition coefficient (Wildman–Crippen LogP) is 4.28. The second-order valence-corrected chi connectivity index (χ2v) is 9.54. The van der Waals surface area contributed by atoms with E-state index in [2.05, 4.69) is 5.32 Å². The molecular weight excluding hydrogens is 484 g/mol. The zero-order chi connectivity index (χ0) is 27.6. The number of carbonyl (C=O) groups excluding carboxylic acids is 2. The molecule has 2 heterocycles. The van der Waals surface area contributed by atoms with Gasteiger partial charge in [0.15, 0.2) is 5.43 Å². The molecule has 1 aliphatic heterocycles. The van der Waals surface area contributed by atoms with E-state index in [4.69, 9.17) is 13.9 Å². The minimum absolute atomic E-state index is 0.174. The first-order valence-corrected chi connectivity index (χ1v) is 12.4. The zero-order valence-electron chi connectivity index (χ0n) is 22.5. The van der Waals surface area contributed by atoms with Crippen molar-refractivity contribution in [1.82, 2.24) is 10.2 Å². The summed E-state index contributed by atoms with van der Waals surface area (Å²) in [7, 11) is 5.06. The van der Waals surface area contributed by atoms with Gasteiger partial charge in [-0.2, -0.15) is 0 Å². The van der Waals surface area contributed by atoms with Crippen molar-refractivity contribution >= 4 is 22.9 Å². The van der Waals surface area contributed by atoms with E-state index in [1.807, 2.05) is 49.3 Å². The third kappa shape index (κ3) is 4.99. The zero-order valence-corrected chi connectivity index (χ0v) is 22.5. The molecule has 8 heteroatoms. The minimum Gasteiger partial charge on any atom is -0.466 e. The van der Waals surface area contributed by atoms with Gasteiger partial charge in [0.2, 0.25) is 0 Å². The summed E-state index contributed by atoms with van der Waals surface area (Å²) in [4.78, 5) is 42.0. The van der Waals surface area contributed by atoms with Gasteiger partial charge in [0.05, 0.1) is 29.6 Å². The Hall–Kier alpha value is -4.17. The normalized spacial score (nSPS) is 15.6. The molecule has 0 radical (unpaired) electrons. The first kappa shape index (κ1) is 26.9. The smallest absolute Gasteiger partial charge is 0.336 e. The molecule has 1 atom stereocenters. The minimum atomic E-state index is -0.881. The molecule has 0 fully saturated rings. The molecule has 1 aromatic heterocycles. The highest BCUT2D eigenvalue weighted by molar-refractivity contribution is 6.01. The van der Waals surface area contributed by atoms with E-state index in [1.54, 1.807) is 39.0 Å². The molecule has 0 aliphatic carbocycles. The van der Waals surface area contributed by atoms with E-state index in [1.165, 1.54) is 7.11 Å². The molecule has 1 N–H and O–H groups in total. The van der Waals surface area contributed by atoms with Gasteiger partial charge in [-0.25, -0.2) is 9.59 Å². The van der Waals surface area contributed by atoms with Crippen molar-refractivity contribution in [3.63, 3.8) is 0 Å². The molecule has 38 heavy (non-hydrogen) atoms. The van der Waals surface area contributed by atoms with Crippen molar-refractivity contribution in [2.24, 2.45) is 0 Å². The summed E-state index contributed by atoms with van der Waals surface area (Å²) in [5.41, 5.74) is 3.42. The molecule has 0 amide bonds. The largest absolute Gasteiger partial charge is 0.466 e. The summed E-state index contributed by atoms with van der Waals surface area (Å²) in [5, 5.41) is 3.49. The Bertz CT molecular complexity index is 1510. The molecular formula is C30H32N2O6. The number of para-hydroxylation sites is 1. The molecule has 0 spiro atoms. The second-order valence-electron chi connectivity index (χ2n) is 9.54. The van der Waals surface area contributed by atoms with E-state index in [0.717, 1.165) is 5.56 Å². The maximum Gasteiger partial charge on any atom is 0.336 e. The van der Waals surface area contributed by atoms with Crippen molar-refractivity contribution in [3.05, 3.63) is 92.4 Å². The fraction of sp³-hybridized carbons (Fsp3) is 0.300. The van der Waals surface area contributed by atoms with Gasteiger partial charge in [-0.15, -0.1) is 0 Å². The number of hydrogen-bond acceptors (Lipinski definition) is 8. The number of nitrogens with zero attached hydrogens (tertiary/aromatic N) is 1. The van der Waals surface area contributed by atoms with Gasteiger partial charge in [0.1, 0.15) is 18.0 Å². The van der Waals surface area contributed by atoms with E-state index < -0.39 is 17.9 Å². The van der Waals surface area contributed by atoms with Crippen LogP contribution < -0.4 is 10.7 Å². The van der Waals surface area contributed by atoms with Gasteiger partial charge in [0.25, 0.3) is 0 Å². The molecule has 1 unspecified atom stereocenters. The SMILES string of the molecule is COC(=O)C1=C(C)NC(C)=C(C(=O)OCCN(C)C)C1c1cccc2c(=O)c(C)c(-c3ccccc3)oc12. The average Bonchev–Trinajstić information content (AvgIpc) is 2.89. The number of carbonyl (C=O) groups is 2. The molecule has 0 bridgehead atoms. The van der Waals surface area contributed by atoms with Gasteiger partial charge < -0.3 is 24.1 Å². The van der Waals surface area contributed by atoms with Crippen LogP contribution in [-0.4, -0.2) is 51.2 Å². The number of likely N-dealkylation sites (N-methyl/N-ethyl adjacent to an activating group) is 1. The van der Waals surface area contributed by atoms with Crippen LogP contribution in [0.3, 0.4) is 0 Å². The Morgan fingerprint density at radius 3 is 2.24 bits per heavy atom. The lowest BCUT2D eigenvalue weighted by Crippen LogP contribution is -2.33. The quantitative estimate of drug-likeness (QED) is 0.465. The second kappa shape index (κ2) is 11.1. The fourth-order valence-corrected chi connectivity index (χ4v) is 4.78. The third-order valence-electron chi connectivity index (χ3n) is 6.68. The number of hydrogen-bond donors (Lipinski definition) is 1. The Balaban J connectivity index is 1.98. The van der Waals surface area contributed by atoms with Crippen LogP contribution in [0.1, 0.15) is 30.9 Å². The standard InChI is InChI=1S/C30H32N2O6/c1-17-26(33)22-14-10-13-21(28(22)38-27(17)20-11-8-7-9-12-20)25-23(29(34)36-6)18(2)31-19(3)24(25)30(35)37-16-15-32(4)5/h7-14,25,31H,15-16H2,1-6H3. The van der Waals surface area contributed by atoms with Crippen molar-refractivity contribution in [3.8, 4) is 11.3 Å². The first-order chi connectivity index (χ1) is 18.1. The molecule has 2 aromatic carbocycles. The fourth-order valence-electron chi connectivity index (χ4n) is 4.78. The van der Waals surface area contributed by atoms with Crippen molar-refractivity contribution in [1.29, 1.82) is 0 Å². The van der Waals surface area contributed by atoms with Crippen LogP contribution in [-0.2, 0) is 19.1 Å². The van der Waals surface area contributed by atoms with Crippen LogP contribution in [0.4, 0.5) is 0 Å². The molecule has 198 valence electrons. The Morgan fingerprint density at radius 2 is 1.61 bits per heavy atom. The molecule has 8 nitrogen and oxygen atoms in total. The first-order valence-electron chi connectivity index (χ1n) is 12.4. The van der Waals surface area contributed by atoms with Crippen molar-refractivity contribution < 1.29 is 23.5 Å². The number of rotatable bonds is 7. The van der Waals surface area contributed by atoms with Crippen LogP contribution in [0, 0.1) is 6.92 Å².